The van der Waals surface area contributed by atoms with Gasteiger partial charge in [0.1, 0.15) is 9.71 Å². The van der Waals surface area contributed by atoms with Gasteiger partial charge in [0.15, 0.2) is 11.5 Å². The Bertz CT molecular complexity index is 1400. The van der Waals surface area contributed by atoms with Crippen LogP contribution < -0.4 is 25.3 Å². The molecule has 0 atom stereocenters. The number of carbonyl (C=O) groups is 1. The fourth-order valence-corrected chi connectivity index (χ4v) is 5.53. The van der Waals surface area contributed by atoms with E-state index in [9.17, 15) is 4.79 Å². The number of fused-ring (bicyclic) bond motifs is 2. The van der Waals surface area contributed by atoms with Crippen molar-refractivity contribution in [2.45, 2.75) is 19.5 Å². The number of pyridine rings is 1. The van der Waals surface area contributed by atoms with E-state index in [-0.39, 0.29) is 5.91 Å². The van der Waals surface area contributed by atoms with E-state index in [1.807, 2.05) is 6.07 Å². The molecule has 0 radical (unpaired) electrons. The lowest BCUT2D eigenvalue weighted by Gasteiger charge is -2.28. The molecule has 0 spiro atoms. The van der Waals surface area contributed by atoms with Crippen LogP contribution >= 0.6 is 11.3 Å². The van der Waals surface area contributed by atoms with Crippen molar-refractivity contribution in [1.82, 2.24) is 9.88 Å². The van der Waals surface area contributed by atoms with E-state index >= 15 is 0 Å². The second kappa shape index (κ2) is 10.0. The molecule has 186 valence electrons. The normalized spacial score (nSPS) is 13.3. The van der Waals surface area contributed by atoms with Crippen LogP contribution in [0.3, 0.4) is 0 Å². The van der Waals surface area contributed by atoms with Crippen LogP contribution in [0.15, 0.2) is 48.5 Å². The quantitative estimate of drug-likeness (QED) is 0.376. The van der Waals surface area contributed by atoms with Crippen molar-refractivity contribution in [3.63, 3.8) is 0 Å². The molecule has 0 saturated carbocycles. The second-order valence-electron chi connectivity index (χ2n) is 8.61. The Hall–Kier alpha value is -3.82. The maximum Gasteiger partial charge on any atom is 0.267 e. The van der Waals surface area contributed by atoms with Crippen LogP contribution in [0, 0.1) is 0 Å². The number of ether oxygens (including phenoxy) is 3. The van der Waals surface area contributed by atoms with Crippen molar-refractivity contribution >= 4 is 38.8 Å². The summed E-state index contributed by atoms with van der Waals surface area (Å²) < 4.78 is 16.1. The lowest BCUT2D eigenvalue weighted by atomic mass is 10.0. The molecule has 3 N–H and O–H groups in total. The summed E-state index contributed by atoms with van der Waals surface area (Å²) in [6.07, 6.45) is 0.864. The number of nitrogens with two attached hydrogens (primary N) is 1. The SMILES string of the molecule is COc1cc(NC(=O)c2sc3nc4c(cc3c2N)CN(Cc2ccccc2)CC4)cc(OC)c1OC. The molecular weight excluding hydrogens is 476 g/mol. The van der Waals surface area contributed by atoms with Gasteiger partial charge in [-0.15, -0.1) is 11.3 Å². The maximum atomic E-state index is 13.2. The second-order valence-corrected chi connectivity index (χ2v) is 9.61. The van der Waals surface area contributed by atoms with E-state index in [0.29, 0.717) is 33.5 Å². The van der Waals surface area contributed by atoms with Gasteiger partial charge >= 0.3 is 0 Å². The molecule has 2 aromatic heterocycles. The van der Waals surface area contributed by atoms with Crippen molar-refractivity contribution in [1.29, 1.82) is 0 Å². The number of aromatic nitrogens is 1. The number of hydrogen-bond donors (Lipinski definition) is 2. The Morgan fingerprint density at radius 2 is 1.81 bits per heavy atom. The molecule has 1 aliphatic rings. The number of anilines is 2. The monoisotopic (exact) mass is 504 g/mol. The largest absolute Gasteiger partial charge is 0.493 e. The Labute approximate surface area is 213 Å². The predicted octanol–water partition coefficient (Wildman–Crippen LogP) is 4.71. The summed E-state index contributed by atoms with van der Waals surface area (Å²) in [5.74, 6) is 1.04. The number of rotatable bonds is 7. The first kappa shape index (κ1) is 23.9. The van der Waals surface area contributed by atoms with E-state index in [2.05, 4.69) is 40.5 Å². The molecule has 8 nitrogen and oxygen atoms in total. The van der Waals surface area contributed by atoms with Crippen LogP contribution in [-0.4, -0.2) is 43.7 Å². The number of carbonyl (C=O) groups excluding carboxylic acids is 1. The van der Waals surface area contributed by atoms with Crippen LogP contribution in [0.25, 0.3) is 10.2 Å². The molecule has 0 unspecified atom stereocenters. The zero-order valence-electron chi connectivity index (χ0n) is 20.5. The van der Waals surface area contributed by atoms with Gasteiger partial charge in [-0.25, -0.2) is 4.98 Å². The molecule has 4 aromatic rings. The van der Waals surface area contributed by atoms with Crippen LogP contribution in [-0.2, 0) is 19.5 Å². The van der Waals surface area contributed by atoms with Crippen LogP contribution in [0.5, 0.6) is 17.2 Å². The molecule has 1 amide bonds. The van der Waals surface area contributed by atoms with E-state index in [4.69, 9.17) is 24.9 Å². The molecule has 9 heteroatoms. The van der Waals surface area contributed by atoms with Crippen molar-refractivity contribution in [3.05, 3.63) is 70.2 Å². The minimum atomic E-state index is -0.312. The standard InChI is InChI=1S/C27H28N4O4S/c1-33-21-12-18(13-22(34-2)24(21)35-3)29-26(32)25-23(28)19-11-17-15-31(14-16-7-5-4-6-8-16)10-9-20(17)30-27(19)36-25/h4-8,11-13H,9-10,14-15,28H2,1-3H3,(H,29,32). The Morgan fingerprint density at radius 1 is 1.08 bits per heavy atom. The van der Waals surface area contributed by atoms with E-state index < -0.39 is 0 Å². The summed E-state index contributed by atoms with van der Waals surface area (Å²) in [6.45, 7) is 2.63. The maximum absolute atomic E-state index is 13.2. The average Bonchev–Trinajstić information content (AvgIpc) is 3.22. The molecule has 0 saturated heterocycles. The molecule has 36 heavy (non-hydrogen) atoms. The Morgan fingerprint density at radius 3 is 2.47 bits per heavy atom. The summed E-state index contributed by atoms with van der Waals surface area (Å²) in [5.41, 5.74) is 10.9. The third-order valence-electron chi connectivity index (χ3n) is 6.33. The first-order valence-electron chi connectivity index (χ1n) is 11.6. The number of amides is 1. The Balaban J connectivity index is 1.40. The van der Waals surface area contributed by atoms with E-state index in [0.717, 1.165) is 47.5 Å². The van der Waals surface area contributed by atoms with Crippen LogP contribution in [0.4, 0.5) is 11.4 Å². The highest BCUT2D eigenvalue weighted by molar-refractivity contribution is 7.21. The zero-order chi connectivity index (χ0) is 25.2. The average molecular weight is 505 g/mol. The molecule has 2 aromatic carbocycles. The summed E-state index contributed by atoms with van der Waals surface area (Å²) in [4.78, 5) is 21.7. The van der Waals surface area contributed by atoms with E-state index in [1.165, 1.54) is 38.2 Å². The molecule has 0 aliphatic carbocycles. The predicted molar refractivity (Wildman–Crippen MR) is 142 cm³/mol. The van der Waals surface area contributed by atoms with Gasteiger partial charge in [0, 0.05) is 55.0 Å². The van der Waals surface area contributed by atoms with Gasteiger partial charge in [0.25, 0.3) is 5.91 Å². The molecule has 5 rings (SSSR count). The first-order chi connectivity index (χ1) is 17.5. The summed E-state index contributed by atoms with van der Waals surface area (Å²) in [5, 5.41) is 3.72. The smallest absolute Gasteiger partial charge is 0.267 e. The number of methoxy groups -OCH3 is 3. The van der Waals surface area contributed by atoms with Crippen molar-refractivity contribution in [2.24, 2.45) is 0 Å². The van der Waals surface area contributed by atoms with Crippen molar-refractivity contribution in [2.75, 3.05) is 38.9 Å². The summed E-state index contributed by atoms with van der Waals surface area (Å²) in [6, 6.07) is 15.9. The molecule has 1 aliphatic heterocycles. The van der Waals surface area contributed by atoms with Gasteiger partial charge in [-0.3, -0.25) is 9.69 Å². The number of benzene rings is 2. The molecule has 3 heterocycles. The summed E-state index contributed by atoms with van der Waals surface area (Å²) in [7, 11) is 4.59. The van der Waals surface area contributed by atoms with Crippen LogP contribution in [0.2, 0.25) is 0 Å². The third-order valence-corrected chi connectivity index (χ3v) is 7.44. The highest BCUT2D eigenvalue weighted by Gasteiger charge is 2.23. The van der Waals surface area contributed by atoms with Gasteiger partial charge in [-0.05, 0) is 17.2 Å². The zero-order valence-corrected chi connectivity index (χ0v) is 21.3. The van der Waals surface area contributed by atoms with Gasteiger partial charge in [0.2, 0.25) is 5.75 Å². The number of thiophene rings is 1. The highest BCUT2D eigenvalue weighted by atomic mass is 32.1. The lowest BCUT2D eigenvalue weighted by molar-refractivity contribution is 0.103. The molecule has 0 fully saturated rings. The van der Waals surface area contributed by atoms with E-state index in [1.54, 1.807) is 12.1 Å². The topological polar surface area (TPSA) is 98.9 Å². The molecular formula is C27H28N4O4S. The highest BCUT2D eigenvalue weighted by Crippen LogP contribution is 2.41. The lowest BCUT2D eigenvalue weighted by Crippen LogP contribution is -2.30. The number of nitrogens with one attached hydrogen (secondary N) is 1. The Kier molecular flexibility index (Phi) is 6.67. The fraction of sp³-hybridized carbons (Fsp3) is 0.259. The number of hydrogen-bond acceptors (Lipinski definition) is 8. The minimum absolute atomic E-state index is 0.312. The van der Waals surface area contributed by atoms with Gasteiger partial charge in [0.05, 0.1) is 27.0 Å². The van der Waals surface area contributed by atoms with Gasteiger partial charge in [-0.2, -0.15) is 0 Å². The number of nitrogen functional groups attached to an aromatic ring is 1. The van der Waals surface area contributed by atoms with Crippen molar-refractivity contribution < 1.29 is 19.0 Å². The third kappa shape index (κ3) is 4.55. The summed E-state index contributed by atoms with van der Waals surface area (Å²) >= 11 is 1.31. The minimum Gasteiger partial charge on any atom is -0.493 e. The van der Waals surface area contributed by atoms with Crippen LogP contribution in [0.1, 0.15) is 26.5 Å². The number of nitrogens with zero attached hydrogens (tertiary/aromatic N) is 2. The van der Waals surface area contributed by atoms with Gasteiger partial charge in [-0.1, -0.05) is 30.3 Å². The first-order valence-corrected chi connectivity index (χ1v) is 12.4. The fourth-order valence-electron chi connectivity index (χ4n) is 4.54. The molecule has 0 bridgehead atoms. The van der Waals surface area contributed by atoms with Gasteiger partial charge < -0.3 is 25.3 Å². The van der Waals surface area contributed by atoms with Crippen molar-refractivity contribution in [3.8, 4) is 17.2 Å².